The van der Waals surface area contributed by atoms with E-state index in [9.17, 15) is 14.4 Å². The van der Waals surface area contributed by atoms with Gasteiger partial charge in [-0.15, -0.1) is 0 Å². The third-order valence-corrected chi connectivity index (χ3v) is 14.0. The number of nitrogens with one attached hydrogen (secondary N) is 2. The SMILES string of the molecule is C[C@@H]1CN(CC2CCN(c3cc(-c4n[nH]c5cnc(OC6(C)CC6)cc45)ncn3)CC2)CCN1CC1CCN(c2ccc3c(c2F)CN(C2CCC(=O)NC2=O)C3=O)CC1. The lowest BCUT2D eigenvalue weighted by Crippen LogP contribution is -2.54. The van der Waals surface area contributed by atoms with Gasteiger partial charge in [0.15, 0.2) is 5.82 Å². The molecule has 10 rings (SSSR count). The van der Waals surface area contributed by atoms with Gasteiger partial charge in [0, 0.05) is 100 Å². The molecule has 15 nitrogen and oxygen atoms in total. The molecule has 0 radical (unpaired) electrons. The number of carbonyl (C=O) groups excluding carboxylic acids is 3. The Hall–Kier alpha value is -5.22. The van der Waals surface area contributed by atoms with Crippen molar-refractivity contribution in [2.45, 2.75) is 89.4 Å². The number of imide groups is 1. The van der Waals surface area contributed by atoms with Crippen LogP contribution in [0.3, 0.4) is 0 Å². The highest BCUT2D eigenvalue weighted by Crippen LogP contribution is 2.40. The van der Waals surface area contributed by atoms with Crippen molar-refractivity contribution >= 4 is 40.1 Å². The minimum atomic E-state index is -0.755. The van der Waals surface area contributed by atoms with Crippen molar-refractivity contribution in [2.75, 3.05) is 68.7 Å². The second-order valence-electron chi connectivity index (χ2n) is 18.2. The lowest BCUT2D eigenvalue weighted by atomic mass is 9.93. The average Bonchev–Trinajstić information content (AvgIpc) is 3.66. The molecule has 0 bridgehead atoms. The number of carbonyl (C=O) groups is 3. The monoisotopic (exact) mass is 819 g/mol. The predicted molar refractivity (Wildman–Crippen MR) is 223 cm³/mol. The molecule has 5 fully saturated rings. The summed E-state index contributed by atoms with van der Waals surface area (Å²) in [6.45, 7) is 13.4. The fraction of sp³-hybridized carbons (Fsp3) is 0.568. The summed E-state index contributed by atoms with van der Waals surface area (Å²) >= 11 is 0. The third kappa shape index (κ3) is 7.68. The Morgan fingerprint density at radius 1 is 0.900 bits per heavy atom. The zero-order valence-corrected chi connectivity index (χ0v) is 34.5. The number of piperidine rings is 3. The molecule has 2 atom stereocenters. The van der Waals surface area contributed by atoms with E-state index in [1.165, 1.54) is 4.90 Å². The molecule has 60 heavy (non-hydrogen) atoms. The largest absolute Gasteiger partial charge is 0.471 e. The van der Waals surface area contributed by atoms with E-state index in [4.69, 9.17) is 4.74 Å². The van der Waals surface area contributed by atoms with Crippen LogP contribution in [0.1, 0.15) is 81.1 Å². The Morgan fingerprint density at radius 3 is 2.42 bits per heavy atom. The number of benzene rings is 1. The number of piperazine rings is 1. The Bertz CT molecular complexity index is 2300. The van der Waals surface area contributed by atoms with E-state index < -0.39 is 11.9 Å². The molecule has 316 valence electrons. The number of hydrogen-bond donors (Lipinski definition) is 2. The molecule has 4 aromatic rings. The van der Waals surface area contributed by atoms with Crippen LogP contribution in [0, 0.1) is 17.7 Å². The Labute approximate surface area is 349 Å². The van der Waals surface area contributed by atoms with Gasteiger partial charge in [0.2, 0.25) is 17.7 Å². The number of pyridine rings is 1. The van der Waals surface area contributed by atoms with Crippen molar-refractivity contribution in [1.82, 2.24) is 45.2 Å². The van der Waals surface area contributed by atoms with Crippen molar-refractivity contribution in [3.63, 3.8) is 0 Å². The summed E-state index contributed by atoms with van der Waals surface area (Å²) in [5.41, 5.74) is 3.50. The number of aromatic nitrogens is 5. The van der Waals surface area contributed by atoms with E-state index in [0.29, 0.717) is 40.6 Å². The molecule has 6 aliphatic rings. The molecule has 3 amide bonds. The van der Waals surface area contributed by atoms with Crippen LogP contribution in [0.15, 0.2) is 36.8 Å². The van der Waals surface area contributed by atoms with Gasteiger partial charge in [0.25, 0.3) is 5.91 Å². The number of fused-ring (bicyclic) bond motifs is 2. The zero-order chi connectivity index (χ0) is 41.1. The van der Waals surface area contributed by atoms with E-state index in [1.807, 2.05) is 6.07 Å². The minimum absolute atomic E-state index is 0.0461. The number of H-pyrrole nitrogens is 1. The fourth-order valence-electron chi connectivity index (χ4n) is 10.1. The van der Waals surface area contributed by atoms with Gasteiger partial charge in [-0.25, -0.2) is 19.3 Å². The van der Waals surface area contributed by atoms with Gasteiger partial charge in [0.05, 0.1) is 29.6 Å². The smallest absolute Gasteiger partial charge is 0.255 e. The number of halogens is 1. The van der Waals surface area contributed by atoms with E-state index in [1.54, 1.807) is 24.7 Å². The number of aromatic amines is 1. The summed E-state index contributed by atoms with van der Waals surface area (Å²) in [7, 11) is 0. The minimum Gasteiger partial charge on any atom is -0.471 e. The van der Waals surface area contributed by atoms with Crippen LogP contribution in [-0.2, 0) is 16.1 Å². The first-order chi connectivity index (χ1) is 29.1. The molecular weight excluding hydrogens is 766 g/mol. The maximum Gasteiger partial charge on any atom is 0.255 e. The summed E-state index contributed by atoms with van der Waals surface area (Å²) in [4.78, 5) is 62.2. The Morgan fingerprint density at radius 2 is 1.67 bits per heavy atom. The van der Waals surface area contributed by atoms with Crippen LogP contribution in [-0.4, -0.2) is 134 Å². The topological polar surface area (TPSA) is 156 Å². The first-order valence-electron chi connectivity index (χ1n) is 21.9. The van der Waals surface area contributed by atoms with E-state index >= 15 is 4.39 Å². The lowest BCUT2D eigenvalue weighted by Gasteiger charge is -2.44. The molecule has 0 spiro atoms. The zero-order valence-electron chi connectivity index (χ0n) is 34.5. The van der Waals surface area contributed by atoms with Gasteiger partial charge in [0.1, 0.15) is 29.5 Å². The highest BCUT2D eigenvalue weighted by Gasteiger charge is 2.42. The molecule has 1 unspecified atom stereocenters. The fourth-order valence-corrected chi connectivity index (χ4v) is 10.1. The average molecular weight is 820 g/mol. The van der Waals surface area contributed by atoms with Gasteiger partial charge in [-0.1, -0.05) is 0 Å². The van der Waals surface area contributed by atoms with E-state index in [0.717, 1.165) is 126 Å². The molecule has 1 saturated carbocycles. The number of anilines is 2. The first kappa shape index (κ1) is 38.9. The van der Waals surface area contributed by atoms with Crippen LogP contribution in [0.2, 0.25) is 0 Å². The number of hydrogen-bond acceptors (Lipinski definition) is 12. The van der Waals surface area contributed by atoms with Crippen molar-refractivity contribution in [2.24, 2.45) is 11.8 Å². The lowest BCUT2D eigenvalue weighted by molar-refractivity contribution is -0.136. The Balaban J connectivity index is 0.680. The second kappa shape index (κ2) is 15.7. The van der Waals surface area contributed by atoms with Gasteiger partial charge in [-0.05, 0) is 82.8 Å². The molecular formula is C44H54FN11O4. The summed E-state index contributed by atoms with van der Waals surface area (Å²) in [6.07, 6.45) is 10.2. The maximum atomic E-state index is 16.0. The number of amides is 3. The van der Waals surface area contributed by atoms with Crippen LogP contribution in [0.5, 0.6) is 5.88 Å². The summed E-state index contributed by atoms with van der Waals surface area (Å²) in [5.74, 6) is 1.21. The molecule has 1 aromatic carbocycles. The molecule has 5 aliphatic heterocycles. The number of ether oxygens (including phenoxy) is 1. The van der Waals surface area contributed by atoms with E-state index in [-0.39, 0.29) is 42.6 Å². The van der Waals surface area contributed by atoms with Crippen LogP contribution in [0.4, 0.5) is 15.9 Å². The van der Waals surface area contributed by atoms with Gasteiger partial charge >= 0.3 is 0 Å². The molecule has 4 saturated heterocycles. The van der Waals surface area contributed by atoms with Gasteiger partial charge in [-0.2, -0.15) is 5.10 Å². The number of nitrogens with zero attached hydrogens (tertiary/aromatic N) is 9. The maximum absolute atomic E-state index is 16.0. The molecule has 2 N–H and O–H groups in total. The second-order valence-corrected chi connectivity index (χ2v) is 18.2. The molecule has 8 heterocycles. The standard InChI is InChI=1S/C44H54FN11O4/c1-27-22-52(23-28-9-15-54(16-10-28)37-20-33(47-26-48-37)41-31-19-39(60-44(2)11-12-44)46-21-34(31)50-51-41)17-18-55(27)24-29-7-13-53(14-8-29)35-4-3-30-32(40(35)45)25-56(43(30)59)36-5-6-38(57)49-42(36)58/h3-4,19-21,26-29,36H,5-18,22-25H2,1-2H3,(H,50,51)(H,49,57,58)/t27-,36?/m1/s1. The van der Waals surface area contributed by atoms with Crippen LogP contribution in [0.25, 0.3) is 22.3 Å². The van der Waals surface area contributed by atoms with Gasteiger partial charge in [-0.3, -0.25) is 29.7 Å². The molecule has 3 aromatic heterocycles. The van der Waals surface area contributed by atoms with Crippen molar-refractivity contribution in [3.05, 3.63) is 53.7 Å². The highest BCUT2D eigenvalue weighted by atomic mass is 19.1. The van der Waals surface area contributed by atoms with Gasteiger partial charge < -0.3 is 24.3 Å². The third-order valence-electron chi connectivity index (χ3n) is 14.0. The molecule has 16 heteroatoms. The van der Waals surface area contributed by atoms with E-state index in [2.05, 4.69) is 70.0 Å². The summed E-state index contributed by atoms with van der Waals surface area (Å²) < 4.78 is 22.1. The Kier molecular flexibility index (Phi) is 10.2. The quantitative estimate of drug-likeness (QED) is 0.218. The normalized spacial score (nSPS) is 24.3. The van der Waals surface area contributed by atoms with Crippen molar-refractivity contribution in [1.29, 1.82) is 0 Å². The predicted octanol–water partition coefficient (Wildman–Crippen LogP) is 4.39. The first-order valence-corrected chi connectivity index (χ1v) is 21.9. The summed E-state index contributed by atoms with van der Waals surface area (Å²) in [6, 6.07) is 7.16. The highest BCUT2D eigenvalue weighted by molar-refractivity contribution is 6.05. The van der Waals surface area contributed by atoms with Crippen LogP contribution >= 0.6 is 0 Å². The summed E-state index contributed by atoms with van der Waals surface area (Å²) in [5, 5.41) is 11.0. The van der Waals surface area contributed by atoms with Crippen LogP contribution < -0.4 is 19.9 Å². The van der Waals surface area contributed by atoms with Crippen molar-refractivity contribution < 1.29 is 23.5 Å². The molecule has 1 aliphatic carbocycles. The number of rotatable bonds is 10. The van der Waals surface area contributed by atoms with Crippen molar-refractivity contribution in [3.8, 4) is 17.3 Å².